The Morgan fingerprint density at radius 3 is 2.43 bits per heavy atom. The molecule has 0 unspecified atom stereocenters. The summed E-state index contributed by atoms with van der Waals surface area (Å²) in [4.78, 5) is 11.5. The van der Waals surface area contributed by atoms with Crippen LogP contribution in [0.5, 0.6) is 5.75 Å². The molecule has 0 saturated carbocycles. The molecule has 1 aromatic rings. The van der Waals surface area contributed by atoms with Crippen LogP contribution in [0.2, 0.25) is 0 Å². The number of phenolic OH excluding ortho intramolecular Hbond substituents is 1. The van der Waals surface area contributed by atoms with Crippen molar-refractivity contribution >= 4 is 5.91 Å². The van der Waals surface area contributed by atoms with Gasteiger partial charge in [-0.05, 0) is 30.7 Å². The lowest BCUT2D eigenvalue weighted by atomic mass is 10.2. The van der Waals surface area contributed by atoms with E-state index in [1.165, 1.54) is 12.1 Å². The second-order valence-electron chi connectivity index (χ2n) is 3.33. The molecule has 14 heavy (non-hydrogen) atoms. The van der Waals surface area contributed by atoms with Gasteiger partial charge in [0.25, 0.3) is 5.91 Å². The predicted octanol–water partition coefficient (Wildman–Crippen LogP) is 0.743. The number of nitrogens with one attached hydrogen (secondary N) is 1. The molecule has 74 valence electrons. The number of hydrogen-bond donors (Lipinski definition) is 2. The fraction of sp³-hybridized carbons (Fsp3) is 0.300. The lowest BCUT2D eigenvalue weighted by Crippen LogP contribution is -2.50. The number of benzene rings is 1. The maximum atomic E-state index is 11.5. The van der Waals surface area contributed by atoms with Gasteiger partial charge >= 0.3 is 0 Å². The van der Waals surface area contributed by atoms with Crippen molar-refractivity contribution in [2.45, 2.75) is 6.42 Å². The minimum atomic E-state index is -0.121. The quantitative estimate of drug-likeness (QED) is 0.726. The number of nitrogens with zero attached hydrogens (tertiary/aromatic N) is 1. The normalized spacial score (nSPS) is 16.0. The third kappa shape index (κ3) is 1.85. The number of phenols is 1. The van der Waals surface area contributed by atoms with Crippen LogP contribution in [0, 0.1) is 0 Å². The lowest BCUT2D eigenvalue weighted by Gasteiger charge is -2.30. The summed E-state index contributed by atoms with van der Waals surface area (Å²) in [6, 6.07) is 6.21. The molecule has 1 heterocycles. The van der Waals surface area contributed by atoms with Crippen molar-refractivity contribution in [1.82, 2.24) is 10.4 Å². The van der Waals surface area contributed by atoms with Crippen molar-refractivity contribution < 1.29 is 9.90 Å². The Hall–Kier alpha value is -1.55. The summed E-state index contributed by atoms with van der Waals surface area (Å²) < 4.78 is 0. The van der Waals surface area contributed by atoms with Crippen molar-refractivity contribution in [3.63, 3.8) is 0 Å². The van der Waals surface area contributed by atoms with Gasteiger partial charge in [-0.2, -0.15) is 0 Å². The van der Waals surface area contributed by atoms with Crippen LogP contribution in [0.1, 0.15) is 16.8 Å². The van der Waals surface area contributed by atoms with E-state index in [9.17, 15) is 4.79 Å². The smallest absolute Gasteiger partial charge is 0.265 e. The standard InChI is InChI=1S/C10H12N2O2/c13-9-4-2-8(3-5-9)10(14)11-12-6-1-7-12/h2-5,13H,1,6-7H2,(H,11,14). The van der Waals surface area contributed by atoms with E-state index in [-0.39, 0.29) is 11.7 Å². The number of carbonyl (C=O) groups excluding carboxylic acids is 1. The average molecular weight is 192 g/mol. The van der Waals surface area contributed by atoms with Gasteiger partial charge in [-0.15, -0.1) is 0 Å². The molecular weight excluding hydrogens is 180 g/mol. The summed E-state index contributed by atoms with van der Waals surface area (Å²) in [5.41, 5.74) is 3.33. The van der Waals surface area contributed by atoms with Crippen LogP contribution in [0.25, 0.3) is 0 Å². The van der Waals surface area contributed by atoms with E-state index in [1.54, 1.807) is 12.1 Å². The van der Waals surface area contributed by atoms with Gasteiger partial charge in [0, 0.05) is 18.7 Å². The van der Waals surface area contributed by atoms with Crippen molar-refractivity contribution in [3.8, 4) is 5.75 Å². The molecule has 4 heteroatoms. The van der Waals surface area contributed by atoms with E-state index in [1.807, 2.05) is 5.01 Å². The van der Waals surface area contributed by atoms with Gasteiger partial charge in [-0.3, -0.25) is 10.2 Å². The highest BCUT2D eigenvalue weighted by atomic mass is 16.3. The second kappa shape index (κ2) is 3.67. The highest BCUT2D eigenvalue weighted by molar-refractivity contribution is 5.93. The van der Waals surface area contributed by atoms with Crippen LogP contribution in [0.15, 0.2) is 24.3 Å². The molecule has 0 radical (unpaired) electrons. The monoisotopic (exact) mass is 192 g/mol. The molecule has 4 nitrogen and oxygen atoms in total. The fourth-order valence-electron chi connectivity index (χ4n) is 1.25. The van der Waals surface area contributed by atoms with E-state index in [0.29, 0.717) is 5.56 Å². The zero-order valence-corrected chi connectivity index (χ0v) is 7.73. The molecule has 0 atom stereocenters. The number of hydrazine groups is 1. The van der Waals surface area contributed by atoms with Crippen molar-refractivity contribution in [2.75, 3.05) is 13.1 Å². The summed E-state index contributed by atoms with van der Waals surface area (Å²) in [5, 5.41) is 10.9. The summed E-state index contributed by atoms with van der Waals surface area (Å²) >= 11 is 0. The number of aromatic hydroxyl groups is 1. The summed E-state index contributed by atoms with van der Waals surface area (Å²) in [7, 11) is 0. The lowest BCUT2D eigenvalue weighted by molar-refractivity contribution is 0.0642. The Kier molecular flexibility index (Phi) is 2.37. The first-order chi connectivity index (χ1) is 6.75. The largest absolute Gasteiger partial charge is 0.508 e. The third-order valence-electron chi connectivity index (χ3n) is 2.25. The molecule has 0 aliphatic carbocycles. The Balaban J connectivity index is 1.99. The minimum Gasteiger partial charge on any atom is -0.508 e. The zero-order chi connectivity index (χ0) is 9.97. The van der Waals surface area contributed by atoms with E-state index >= 15 is 0 Å². The highest BCUT2D eigenvalue weighted by Gasteiger charge is 2.16. The topological polar surface area (TPSA) is 52.6 Å². The van der Waals surface area contributed by atoms with Gasteiger partial charge in [0.15, 0.2) is 0 Å². The fourth-order valence-corrected chi connectivity index (χ4v) is 1.25. The predicted molar refractivity (Wildman–Crippen MR) is 51.8 cm³/mol. The number of hydrogen-bond acceptors (Lipinski definition) is 3. The second-order valence-corrected chi connectivity index (χ2v) is 3.33. The molecule has 0 bridgehead atoms. The number of amides is 1. The Labute approximate surface area is 82.1 Å². The van der Waals surface area contributed by atoms with Gasteiger partial charge in [0.05, 0.1) is 0 Å². The third-order valence-corrected chi connectivity index (χ3v) is 2.25. The zero-order valence-electron chi connectivity index (χ0n) is 7.73. The van der Waals surface area contributed by atoms with Crippen molar-refractivity contribution in [1.29, 1.82) is 0 Å². The molecule has 2 rings (SSSR count). The van der Waals surface area contributed by atoms with Crippen LogP contribution in [0.4, 0.5) is 0 Å². The van der Waals surface area contributed by atoms with Gasteiger partial charge in [-0.25, -0.2) is 5.01 Å². The molecule has 0 aromatic heterocycles. The van der Waals surface area contributed by atoms with Crippen LogP contribution in [-0.2, 0) is 0 Å². The average Bonchev–Trinajstić information content (AvgIpc) is 2.12. The van der Waals surface area contributed by atoms with Crippen LogP contribution in [0.3, 0.4) is 0 Å². The van der Waals surface area contributed by atoms with Gasteiger partial charge in [0.1, 0.15) is 5.75 Å². The summed E-state index contributed by atoms with van der Waals surface area (Å²) in [6.07, 6.45) is 1.13. The minimum absolute atomic E-state index is 0.121. The summed E-state index contributed by atoms with van der Waals surface area (Å²) in [5.74, 6) is 0.0511. The molecule has 1 saturated heterocycles. The first kappa shape index (κ1) is 9.02. The Morgan fingerprint density at radius 2 is 1.93 bits per heavy atom. The molecule has 1 aliphatic rings. The number of carbonyl (C=O) groups is 1. The first-order valence-corrected chi connectivity index (χ1v) is 4.61. The Morgan fingerprint density at radius 1 is 1.29 bits per heavy atom. The highest BCUT2D eigenvalue weighted by Crippen LogP contribution is 2.10. The van der Waals surface area contributed by atoms with Crippen LogP contribution < -0.4 is 5.43 Å². The molecule has 1 aromatic carbocycles. The molecule has 1 aliphatic heterocycles. The van der Waals surface area contributed by atoms with Gasteiger partial charge in [-0.1, -0.05) is 0 Å². The number of rotatable bonds is 2. The molecule has 1 amide bonds. The van der Waals surface area contributed by atoms with E-state index in [2.05, 4.69) is 5.43 Å². The van der Waals surface area contributed by atoms with Crippen molar-refractivity contribution in [2.24, 2.45) is 0 Å². The Bertz CT molecular complexity index is 330. The molecule has 1 fully saturated rings. The first-order valence-electron chi connectivity index (χ1n) is 4.61. The van der Waals surface area contributed by atoms with Crippen LogP contribution in [-0.4, -0.2) is 29.1 Å². The summed E-state index contributed by atoms with van der Waals surface area (Å²) in [6.45, 7) is 1.84. The van der Waals surface area contributed by atoms with Crippen molar-refractivity contribution in [3.05, 3.63) is 29.8 Å². The van der Waals surface area contributed by atoms with E-state index in [0.717, 1.165) is 19.5 Å². The van der Waals surface area contributed by atoms with Crippen LogP contribution >= 0.6 is 0 Å². The molecule has 2 N–H and O–H groups in total. The maximum Gasteiger partial charge on any atom is 0.265 e. The van der Waals surface area contributed by atoms with E-state index in [4.69, 9.17) is 5.11 Å². The SMILES string of the molecule is O=C(NN1CCC1)c1ccc(O)cc1. The maximum absolute atomic E-state index is 11.5. The molecule has 0 spiro atoms. The molecular formula is C10H12N2O2. The van der Waals surface area contributed by atoms with E-state index < -0.39 is 0 Å². The van der Waals surface area contributed by atoms with Gasteiger partial charge < -0.3 is 5.11 Å². The van der Waals surface area contributed by atoms with Gasteiger partial charge in [0.2, 0.25) is 0 Å².